The molecule has 2 N–H and O–H groups in total. The second-order valence-corrected chi connectivity index (χ2v) is 13.3. The number of aliphatic hydroxyl groups excluding tert-OH is 1. The molecule has 3 aromatic rings. The molecule has 0 spiro atoms. The Morgan fingerprint density at radius 3 is 2.42 bits per heavy atom. The molecule has 2 aliphatic rings. The van der Waals surface area contributed by atoms with Crippen LogP contribution >= 0.6 is 11.6 Å². The molecule has 0 saturated carbocycles. The van der Waals surface area contributed by atoms with Gasteiger partial charge in [0, 0.05) is 24.7 Å². The average Bonchev–Trinajstić information content (AvgIpc) is 3.49. The fourth-order valence-electron chi connectivity index (χ4n) is 6.87. The lowest BCUT2D eigenvalue weighted by molar-refractivity contribution is -0.953. The third-order valence-electron chi connectivity index (χ3n) is 8.70. The van der Waals surface area contributed by atoms with Gasteiger partial charge in [0.25, 0.3) is 15.9 Å². The Morgan fingerprint density at radius 1 is 1.10 bits per heavy atom. The van der Waals surface area contributed by atoms with E-state index in [9.17, 15) is 31.5 Å². The second-order valence-electron chi connectivity index (χ2n) is 11.2. The number of nitrogens with zero attached hydrogens (tertiary/aromatic N) is 3. The van der Waals surface area contributed by atoms with Crippen molar-refractivity contribution in [3.63, 3.8) is 0 Å². The number of amides is 2. The van der Waals surface area contributed by atoms with Gasteiger partial charge >= 0.3 is 12.3 Å². The van der Waals surface area contributed by atoms with Crippen molar-refractivity contribution >= 4 is 39.1 Å². The van der Waals surface area contributed by atoms with Crippen LogP contribution in [0.5, 0.6) is 23.1 Å². The van der Waals surface area contributed by atoms with E-state index in [0.29, 0.717) is 4.31 Å². The predicted octanol–water partition coefficient (Wildman–Crippen LogP) is 2.96. The topological polar surface area (TPSA) is 154 Å². The summed E-state index contributed by atoms with van der Waals surface area (Å²) in [6, 6.07) is 7.43. The zero-order chi connectivity index (χ0) is 35.4. The molecular weight excluding hydrogens is 685 g/mol. The monoisotopic (exact) mass is 715 g/mol. The number of hydrogen-bond donors (Lipinski definition) is 2. The lowest BCUT2D eigenvalue weighted by Gasteiger charge is -2.48. The van der Waals surface area contributed by atoms with E-state index in [4.69, 9.17) is 25.8 Å². The molecule has 13 nitrogen and oxygen atoms in total. The van der Waals surface area contributed by atoms with Gasteiger partial charge in [-0.25, -0.2) is 13.4 Å². The Kier molecular flexibility index (Phi) is 8.96. The average molecular weight is 716 g/mol. The number of nitrogens with one attached hydrogen (secondary N) is 1. The van der Waals surface area contributed by atoms with Crippen LogP contribution in [0, 0.1) is 0 Å². The largest absolute Gasteiger partial charge is 0.573 e. The predicted molar refractivity (Wildman–Crippen MR) is 163 cm³/mol. The summed E-state index contributed by atoms with van der Waals surface area (Å²) >= 11 is 6.48. The fraction of sp³-hybridized carbons (Fsp3) is 0.367. The van der Waals surface area contributed by atoms with Gasteiger partial charge in [-0.2, -0.15) is 4.31 Å². The Labute approximate surface area is 278 Å². The molecule has 18 heteroatoms. The van der Waals surface area contributed by atoms with Crippen LogP contribution < -0.4 is 28.6 Å². The summed E-state index contributed by atoms with van der Waals surface area (Å²) in [5, 5.41) is 13.6. The number of benzene rings is 2. The third kappa shape index (κ3) is 5.15. The van der Waals surface area contributed by atoms with Gasteiger partial charge in [0.1, 0.15) is 17.5 Å². The summed E-state index contributed by atoms with van der Waals surface area (Å²) in [6.07, 6.45) is -5.31. The number of hydrogen-bond acceptors (Lipinski definition) is 10. The molecule has 4 atom stereocenters. The smallest absolute Gasteiger partial charge is 0.493 e. The Hall–Kier alpha value is -4.32. The maximum atomic E-state index is 15.4. The van der Waals surface area contributed by atoms with Crippen LogP contribution in [0.1, 0.15) is 17.5 Å². The molecule has 1 saturated heterocycles. The number of methoxy groups -OCH3 is 3. The standard InChI is InChI=1S/C30H30ClF3N4O9S/c1-35-26(40)21-14-17(39)15-38(21,2)29(18-7-6-12-36-27(18)46-5)19-13-16(31)8-9-20(19)37(28(29)41)48(42,43)23-11-10-22(44-3)24(45-4)25(23)47-30(32,33)34/h6-13,17,21,39H,14-15H2,1-5H3/p+1/t17-,21+,29?,38?/m1/s1. The van der Waals surface area contributed by atoms with Crippen LogP contribution in [0.2, 0.25) is 5.02 Å². The van der Waals surface area contributed by atoms with Crippen LogP contribution in [0.15, 0.2) is 53.6 Å². The van der Waals surface area contributed by atoms with Crippen LogP contribution in [0.4, 0.5) is 18.9 Å². The van der Waals surface area contributed by atoms with Crippen LogP contribution in [-0.2, 0) is 25.2 Å². The van der Waals surface area contributed by atoms with Gasteiger partial charge in [-0.3, -0.25) is 14.1 Å². The maximum absolute atomic E-state index is 15.4. The lowest BCUT2D eigenvalue weighted by Crippen LogP contribution is -2.69. The van der Waals surface area contributed by atoms with Gasteiger partial charge in [0.05, 0.1) is 45.2 Å². The second kappa shape index (κ2) is 12.3. The number of rotatable bonds is 9. The quantitative estimate of drug-likeness (QED) is 0.316. The van der Waals surface area contributed by atoms with E-state index in [-0.39, 0.29) is 46.4 Å². The fourth-order valence-corrected chi connectivity index (χ4v) is 8.62. The number of pyridine rings is 1. The Bertz CT molecular complexity index is 1900. The minimum absolute atomic E-state index is 0.00305. The summed E-state index contributed by atoms with van der Waals surface area (Å²) in [6.45, 7) is -0.249. The van der Waals surface area contributed by atoms with Crippen molar-refractivity contribution in [2.45, 2.75) is 35.4 Å². The number of halogens is 4. The number of aliphatic hydroxyl groups is 1. The first-order valence-corrected chi connectivity index (χ1v) is 16.0. The molecule has 2 unspecified atom stereocenters. The summed E-state index contributed by atoms with van der Waals surface area (Å²) in [5.74, 6) is -4.20. The molecule has 5 rings (SSSR count). The van der Waals surface area contributed by atoms with Gasteiger partial charge in [-0.15, -0.1) is 13.2 Å². The number of alkyl halides is 3. The molecule has 0 aliphatic carbocycles. The van der Waals surface area contributed by atoms with E-state index in [1.165, 1.54) is 57.7 Å². The first-order valence-electron chi connectivity index (χ1n) is 14.2. The summed E-state index contributed by atoms with van der Waals surface area (Å²) < 4.78 is 90.4. The number of quaternary nitrogens is 1. The number of anilines is 1. The van der Waals surface area contributed by atoms with Gasteiger partial charge in [0.2, 0.25) is 17.2 Å². The third-order valence-corrected chi connectivity index (χ3v) is 10.7. The number of carbonyl (C=O) groups is 2. The van der Waals surface area contributed by atoms with Crippen molar-refractivity contribution < 1.29 is 59.7 Å². The first-order chi connectivity index (χ1) is 22.5. The van der Waals surface area contributed by atoms with E-state index in [1.54, 1.807) is 0 Å². The number of fused-ring (bicyclic) bond motifs is 1. The minimum Gasteiger partial charge on any atom is -0.493 e. The molecule has 48 heavy (non-hydrogen) atoms. The molecule has 1 aromatic heterocycles. The van der Waals surface area contributed by atoms with E-state index in [1.807, 2.05) is 0 Å². The summed E-state index contributed by atoms with van der Waals surface area (Å²) in [7, 11) is 0.902. The van der Waals surface area contributed by atoms with Crippen LogP contribution in [0.25, 0.3) is 0 Å². The van der Waals surface area contributed by atoms with Gasteiger partial charge in [-0.1, -0.05) is 11.6 Å². The molecule has 258 valence electrons. The highest BCUT2D eigenvalue weighted by Gasteiger charge is 2.72. The number of aromatic nitrogens is 1. The number of likely N-dealkylation sites (tertiary alicyclic amines) is 1. The minimum atomic E-state index is -5.40. The summed E-state index contributed by atoms with van der Waals surface area (Å²) in [5.41, 5.74) is -2.56. The number of likely N-dealkylation sites (N-methyl/N-ethyl adjacent to an activating group) is 2. The first kappa shape index (κ1) is 35.0. The van der Waals surface area contributed by atoms with Gasteiger partial charge in [-0.05, 0) is 42.5 Å². The number of carbonyl (C=O) groups excluding carboxylic acids is 2. The van der Waals surface area contributed by atoms with Crippen molar-refractivity contribution in [1.82, 2.24) is 10.3 Å². The normalized spacial score (nSPS) is 23.9. The highest BCUT2D eigenvalue weighted by atomic mass is 35.5. The summed E-state index contributed by atoms with van der Waals surface area (Å²) in [4.78, 5) is 32.0. The van der Waals surface area contributed by atoms with Crippen LogP contribution in [-0.4, -0.2) is 95.3 Å². The van der Waals surface area contributed by atoms with Gasteiger partial charge < -0.3 is 29.4 Å². The van der Waals surface area contributed by atoms with E-state index >= 15 is 4.79 Å². The van der Waals surface area contributed by atoms with E-state index < -0.39 is 66.8 Å². The maximum Gasteiger partial charge on any atom is 0.573 e. The van der Waals surface area contributed by atoms with E-state index in [0.717, 1.165) is 26.4 Å². The van der Waals surface area contributed by atoms with Crippen molar-refractivity contribution in [2.75, 3.05) is 46.3 Å². The highest BCUT2D eigenvalue weighted by molar-refractivity contribution is 7.93. The van der Waals surface area contributed by atoms with Crippen molar-refractivity contribution in [1.29, 1.82) is 0 Å². The molecule has 2 aromatic carbocycles. The Balaban J connectivity index is 1.91. The lowest BCUT2D eigenvalue weighted by atomic mass is 9.79. The zero-order valence-corrected chi connectivity index (χ0v) is 27.7. The van der Waals surface area contributed by atoms with Crippen molar-refractivity contribution in [2.24, 2.45) is 0 Å². The van der Waals surface area contributed by atoms with Crippen LogP contribution in [0.3, 0.4) is 0 Å². The van der Waals surface area contributed by atoms with Gasteiger partial charge in [0.15, 0.2) is 17.5 Å². The van der Waals surface area contributed by atoms with E-state index in [2.05, 4.69) is 15.0 Å². The molecule has 1 fully saturated rings. The molecule has 2 amide bonds. The molecular formula is C30H31ClF3N4O9S+. The van der Waals surface area contributed by atoms with Crippen molar-refractivity contribution in [3.8, 4) is 23.1 Å². The highest BCUT2D eigenvalue weighted by Crippen LogP contribution is 2.58. The molecule has 0 bridgehead atoms. The number of sulfonamides is 1. The Morgan fingerprint density at radius 2 is 1.81 bits per heavy atom. The number of ether oxygens (including phenoxy) is 4. The van der Waals surface area contributed by atoms with Crippen molar-refractivity contribution in [3.05, 3.63) is 64.8 Å². The molecule has 0 radical (unpaired) electrons. The SMILES string of the molecule is CNC(=O)[C@@H]1C[C@@H](O)C[N+]1(C)C1(c2cccnc2OC)C(=O)N(S(=O)(=O)c2ccc(OC)c(OC)c2OC(F)(F)F)c2ccc(Cl)cc21. The zero-order valence-electron chi connectivity index (χ0n) is 26.2. The molecule has 3 heterocycles. The molecule has 2 aliphatic heterocycles.